The van der Waals surface area contributed by atoms with Crippen molar-refractivity contribution in [3.8, 4) is 0 Å². The van der Waals surface area contributed by atoms with Crippen LogP contribution in [0, 0.1) is 6.92 Å². The van der Waals surface area contributed by atoms with Crippen LogP contribution in [0.2, 0.25) is 0 Å². The third kappa shape index (κ3) is 5.05. The highest BCUT2D eigenvalue weighted by Crippen LogP contribution is 2.06. The summed E-state index contributed by atoms with van der Waals surface area (Å²) in [5.41, 5.74) is 3.76. The quantitative estimate of drug-likeness (QED) is 0.929. The molecule has 0 aliphatic carbocycles. The van der Waals surface area contributed by atoms with Crippen LogP contribution in [-0.4, -0.2) is 4.98 Å². The van der Waals surface area contributed by atoms with E-state index in [-0.39, 0.29) is 24.8 Å². The smallest absolute Gasteiger partial charge is 0.0541 e. The number of pyridine rings is 1. The molecule has 4 heteroatoms. The summed E-state index contributed by atoms with van der Waals surface area (Å²) in [7, 11) is 0. The van der Waals surface area contributed by atoms with Crippen molar-refractivity contribution in [1.29, 1.82) is 0 Å². The highest BCUT2D eigenvalue weighted by atomic mass is 35.5. The summed E-state index contributed by atoms with van der Waals surface area (Å²) in [6.07, 6.45) is 1.82. The molecule has 1 heterocycles. The fraction of sp³-hybridized carbons (Fsp3) is 0.214. The van der Waals surface area contributed by atoms with Crippen LogP contribution in [0.4, 0.5) is 0 Å². The van der Waals surface area contributed by atoms with Crippen molar-refractivity contribution in [3.63, 3.8) is 0 Å². The standard InChI is InChI=1S/C14H16N2.2ClH/c1-12-6-2-3-7-13(12)10-15-11-14-8-4-5-9-16-14;;/h2-9,15H,10-11H2,1H3;2*1H. The molecule has 0 saturated carbocycles. The summed E-state index contributed by atoms with van der Waals surface area (Å²) >= 11 is 0. The molecule has 2 rings (SSSR count). The van der Waals surface area contributed by atoms with Crippen LogP contribution < -0.4 is 5.32 Å². The zero-order valence-electron chi connectivity index (χ0n) is 10.3. The monoisotopic (exact) mass is 284 g/mol. The predicted octanol–water partition coefficient (Wildman–Crippen LogP) is 3.52. The number of nitrogens with zero attached hydrogens (tertiary/aromatic N) is 1. The van der Waals surface area contributed by atoms with Gasteiger partial charge in [-0.15, -0.1) is 24.8 Å². The van der Waals surface area contributed by atoms with Gasteiger partial charge in [-0.1, -0.05) is 30.3 Å². The van der Waals surface area contributed by atoms with Gasteiger partial charge < -0.3 is 5.32 Å². The zero-order valence-corrected chi connectivity index (χ0v) is 11.9. The van der Waals surface area contributed by atoms with E-state index < -0.39 is 0 Å². The van der Waals surface area contributed by atoms with E-state index in [0.717, 1.165) is 18.8 Å². The predicted molar refractivity (Wildman–Crippen MR) is 80.5 cm³/mol. The topological polar surface area (TPSA) is 24.9 Å². The van der Waals surface area contributed by atoms with Crippen LogP contribution in [0.3, 0.4) is 0 Å². The molecule has 0 unspecified atom stereocenters. The van der Waals surface area contributed by atoms with Gasteiger partial charge >= 0.3 is 0 Å². The van der Waals surface area contributed by atoms with Gasteiger partial charge in [-0.3, -0.25) is 4.98 Å². The first-order valence-electron chi connectivity index (χ1n) is 5.51. The Bertz CT molecular complexity index is 447. The number of halogens is 2. The molecule has 0 amide bonds. The van der Waals surface area contributed by atoms with Crippen molar-refractivity contribution in [2.45, 2.75) is 20.0 Å². The Balaban J connectivity index is 0.00000144. The largest absolute Gasteiger partial charge is 0.307 e. The molecule has 0 spiro atoms. The molecule has 18 heavy (non-hydrogen) atoms. The molecule has 0 saturated heterocycles. The Morgan fingerprint density at radius 2 is 1.67 bits per heavy atom. The number of hydrogen-bond acceptors (Lipinski definition) is 2. The van der Waals surface area contributed by atoms with Gasteiger partial charge in [0.2, 0.25) is 0 Å². The number of benzene rings is 1. The highest BCUT2D eigenvalue weighted by molar-refractivity contribution is 5.85. The Morgan fingerprint density at radius 3 is 2.33 bits per heavy atom. The zero-order chi connectivity index (χ0) is 11.2. The van der Waals surface area contributed by atoms with Crippen molar-refractivity contribution >= 4 is 24.8 Å². The van der Waals surface area contributed by atoms with E-state index in [9.17, 15) is 0 Å². The first-order chi connectivity index (χ1) is 7.86. The maximum atomic E-state index is 4.27. The maximum absolute atomic E-state index is 4.27. The minimum absolute atomic E-state index is 0. The van der Waals surface area contributed by atoms with E-state index in [0.29, 0.717) is 0 Å². The molecular formula is C14H18Cl2N2. The van der Waals surface area contributed by atoms with Crippen molar-refractivity contribution in [2.24, 2.45) is 0 Å². The first-order valence-corrected chi connectivity index (χ1v) is 5.51. The second kappa shape index (κ2) is 8.92. The Labute approximate surface area is 121 Å². The van der Waals surface area contributed by atoms with Crippen molar-refractivity contribution < 1.29 is 0 Å². The van der Waals surface area contributed by atoms with E-state index in [4.69, 9.17) is 0 Å². The first kappa shape index (κ1) is 16.9. The lowest BCUT2D eigenvalue weighted by atomic mass is 10.1. The minimum Gasteiger partial charge on any atom is -0.307 e. The summed E-state index contributed by atoms with van der Waals surface area (Å²) < 4.78 is 0. The van der Waals surface area contributed by atoms with Crippen LogP contribution in [-0.2, 0) is 13.1 Å². The second-order valence-electron chi connectivity index (χ2n) is 3.85. The molecule has 2 nitrogen and oxygen atoms in total. The normalized spacial score (nSPS) is 9.17. The maximum Gasteiger partial charge on any atom is 0.0541 e. The molecular weight excluding hydrogens is 267 g/mol. The molecule has 2 aromatic rings. The van der Waals surface area contributed by atoms with Gasteiger partial charge in [-0.25, -0.2) is 0 Å². The lowest BCUT2D eigenvalue weighted by Gasteiger charge is -2.06. The molecule has 0 bridgehead atoms. The number of aromatic nitrogens is 1. The summed E-state index contributed by atoms with van der Waals surface area (Å²) in [6, 6.07) is 14.4. The lowest BCUT2D eigenvalue weighted by Crippen LogP contribution is -2.14. The fourth-order valence-corrected chi connectivity index (χ4v) is 1.64. The van der Waals surface area contributed by atoms with E-state index in [1.54, 1.807) is 0 Å². The van der Waals surface area contributed by atoms with Gasteiger partial charge in [0.1, 0.15) is 0 Å². The Morgan fingerprint density at radius 1 is 0.944 bits per heavy atom. The molecule has 0 aliphatic rings. The number of hydrogen-bond donors (Lipinski definition) is 1. The van der Waals surface area contributed by atoms with Gasteiger partial charge in [0.05, 0.1) is 5.69 Å². The molecule has 1 aromatic heterocycles. The molecule has 0 atom stereocenters. The van der Waals surface area contributed by atoms with Crippen LogP contribution in [0.5, 0.6) is 0 Å². The molecule has 1 aromatic carbocycles. The summed E-state index contributed by atoms with van der Waals surface area (Å²) in [5.74, 6) is 0. The number of rotatable bonds is 4. The molecule has 98 valence electrons. The van der Waals surface area contributed by atoms with Crippen LogP contribution >= 0.6 is 24.8 Å². The van der Waals surface area contributed by atoms with E-state index in [1.165, 1.54) is 11.1 Å². The Kier molecular flexibility index (Phi) is 8.38. The molecule has 0 radical (unpaired) electrons. The SMILES string of the molecule is Cc1ccccc1CNCc1ccccn1.Cl.Cl. The minimum atomic E-state index is 0. The fourth-order valence-electron chi connectivity index (χ4n) is 1.64. The van der Waals surface area contributed by atoms with Gasteiger partial charge in [0.25, 0.3) is 0 Å². The van der Waals surface area contributed by atoms with Gasteiger partial charge in [-0.2, -0.15) is 0 Å². The molecule has 0 aliphatic heterocycles. The third-order valence-corrected chi connectivity index (χ3v) is 2.61. The third-order valence-electron chi connectivity index (χ3n) is 2.61. The van der Waals surface area contributed by atoms with E-state index in [2.05, 4.69) is 41.5 Å². The lowest BCUT2D eigenvalue weighted by molar-refractivity contribution is 0.677. The number of aryl methyl sites for hydroxylation is 1. The van der Waals surface area contributed by atoms with Gasteiger partial charge in [0, 0.05) is 19.3 Å². The summed E-state index contributed by atoms with van der Waals surface area (Å²) in [6.45, 7) is 3.84. The molecule has 0 fully saturated rings. The van der Waals surface area contributed by atoms with Crippen LogP contribution in [0.15, 0.2) is 48.7 Å². The van der Waals surface area contributed by atoms with Crippen LogP contribution in [0.25, 0.3) is 0 Å². The highest BCUT2D eigenvalue weighted by Gasteiger charge is 1.96. The average molecular weight is 285 g/mol. The van der Waals surface area contributed by atoms with Gasteiger partial charge in [-0.05, 0) is 30.2 Å². The average Bonchev–Trinajstić information content (AvgIpc) is 2.33. The van der Waals surface area contributed by atoms with E-state index in [1.807, 2.05) is 24.4 Å². The second-order valence-corrected chi connectivity index (χ2v) is 3.85. The Hall–Kier alpha value is -1.09. The summed E-state index contributed by atoms with van der Waals surface area (Å²) in [4.78, 5) is 4.27. The van der Waals surface area contributed by atoms with Gasteiger partial charge in [0.15, 0.2) is 0 Å². The van der Waals surface area contributed by atoms with Crippen molar-refractivity contribution in [3.05, 3.63) is 65.5 Å². The van der Waals surface area contributed by atoms with Crippen molar-refractivity contribution in [1.82, 2.24) is 10.3 Å². The van der Waals surface area contributed by atoms with E-state index >= 15 is 0 Å². The van der Waals surface area contributed by atoms with Crippen molar-refractivity contribution in [2.75, 3.05) is 0 Å². The molecule has 1 N–H and O–H groups in total. The van der Waals surface area contributed by atoms with Crippen LogP contribution in [0.1, 0.15) is 16.8 Å². The summed E-state index contributed by atoms with van der Waals surface area (Å²) in [5, 5.41) is 3.40. The number of nitrogens with one attached hydrogen (secondary N) is 1.